The summed E-state index contributed by atoms with van der Waals surface area (Å²) in [4.78, 5) is 24.4. The highest BCUT2D eigenvalue weighted by Gasteiger charge is 2.19. The van der Waals surface area contributed by atoms with Crippen molar-refractivity contribution < 1.29 is 14.3 Å². The first-order valence-corrected chi connectivity index (χ1v) is 5.49. The number of nitrogen functional groups attached to an aromatic ring is 1. The van der Waals surface area contributed by atoms with Crippen LogP contribution in [0.5, 0.6) is 0 Å². The zero-order chi connectivity index (χ0) is 13.5. The van der Waals surface area contributed by atoms with Gasteiger partial charge in [-0.3, -0.25) is 4.79 Å². The van der Waals surface area contributed by atoms with Crippen LogP contribution in [-0.2, 0) is 9.53 Å². The number of nitrogens with two attached hydrogens (primary N) is 1. The van der Waals surface area contributed by atoms with Gasteiger partial charge >= 0.3 is 6.03 Å². The molecule has 18 heavy (non-hydrogen) atoms. The van der Waals surface area contributed by atoms with Crippen LogP contribution in [0.1, 0.15) is 6.92 Å². The molecule has 1 aromatic rings. The Kier molecular flexibility index (Phi) is 5.13. The van der Waals surface area contributed by atoms with Crippen LogP contribution in [0, 0.1) is 0 Å². The average Bonchev–Trinajstić information content (AvgIpc) is 2.32. The molecule has 3 amide bonds. The van der Waals surface area contributed by atoms with Gasteiger partial charge in [0.15, 0.2) is 0 Å². The summed E-state index contributed by atoms with van der Waals surface area (Å²) in [7, 11) is 1.54. The molecule has 0 fully saturated rings. The van der Waals surface area contributed by atoms with Gasteiger partial charge in [-0.05, 0) is 24.3 Å². The smallest absolute Gasteiger partial charge is 0.328 e. The van der Waals surface area contributed by atoms with Crippen LogP contribution in [0.25, 0.3) is 0 Å². The number of methoxy groups -OCH3 is 1. The fourth-order valence-electron chi connectivity index (χ4n) is 1.40. The first kappa shape index (κ1) is 14.0. The summed E-state index contributed by atoms with van der Waals surface area (Å²) in [5, 5.41) is 2.59. The Bertz CT molecular complexity index is 417. The normalized spacial score (nSPS) is 9.89. The number of hydrogen-bond donors (Lipinski definition) is 2. The van der Waals surface area contributed by atoms with Crippen LogP contribution < -0.4 is 16.0 Å². The number of imide groups is 1. The summed E-state index contributed by atoms with van der Waals surface area (Å²) in [6, 6.07) is 6.02. The quantitative estimate of drug-likeness (QED) is 0.617. The van der Waals surface area contributed by atoms with Crippen molar-refractivity contribution in [3.63, 3.8) is 0 Å². The number of amides is 3. The first-order valence-electron chi connectivity index (χ1n) is 5.49. The Labute approximate surface area is 106 Å². The second-order valence-corrected chi connectivity index (χ2v) is 3.67. The van der Waals surface area contributed by atoms with E-state index in [2.05, 4.69) is 5.32 Å². The third-order valence-corrected chi connectivity index (χ3v) is 2.25. The number of benzene rings is 1. The Balaban J connectivity index is 2.79. The van der Waals surface area contributed by atoms with Crippen LogP contribution in [0.15, 0.2) is 24.3 Å². The summed E-state index contributed by atoms with van der Waals surface area (Å²) in [6.45, 7) is 2.06. The van der Waals surface area contributed by atoms with E-state index in [1.54, 1.807) is 24.3 Å². The van der Waals surface area contributed by atoms with Gasteiger partial charge in [0.2, 0.25) is 5.91 Å². The van der Waals surface area contributed by atoms with E-state index in [0.717, 1.165) is 4.90 Å². The number of carbonyl (C=O) groups is 2. The fourth-order valence-corrected chi connectivity index (χ4v) is 1.40. The van der Waals surface area contributed by atoms with Crippen molar-refractivity contribution in [2.24, 2.45) is 0 Å². The molecule has 1 aromatic carbocycles. The molecule has 0 heterocycles. The molecular weight excluding hydrogens is 234 g/mol. The first-order chi connectivity index (χ1) is 8.56. The summed E-state index contributed by atoms with van der Waals surface area (Å²) in [5.74, 6) is -0.366. The molecule has 1 rings (SSSR count). The van der Waals surface area contributed by atoms with Crippen LogP contribution >= 0.6 is 0 Å². The maximum atomic E-state index is 11.9. The van der Waals surface area contributed by atoms with Gasteiger partial charge < -0.3 is 15.8 Å². The van der Waals surface area contributed by atoms with E-state index in [1.165, 1.54) is 14.0 Å². The van der Waals surface area contributed by atoms with E-state index >= 15 is 0 Å². The Morgan fingerprint density at radius 1 is 1.33 bits per heavy atom. The van der Waals surface area contributed by atoms with Crippen molar-refractivity contribution >= 4 is 23.3 Å². The summed E-state index contributed by atoms with van der Waals surface area (Å²) in [6.07, 6.45) is 0. The lowest BCUT2D eigenvalue weighted by Crippen LogP contribution is -2.44. The lowest BCUT2D eigenvalue weighted by Gasteiger charge is -2.19. The molecule has 0 saturated carbocycles. The monoisotopic (exact) mass is 251 g/mol. The van der Waals surface area contributed by atoms with Crippen molar-refractivity contribution in [3.8, 4) is 0 Å². The van der Waals surface area contributed by atoms with Gasteiger partial charge in [-0.15, -0.1) is 0 Å². The number of urea groups is 1. The van der Waals surface area contributed by atoms with Crippen molar-refractivity contribution in [3.05, 3.63) is 24.3 Å². The summed E-state index contributed by atoms with van der Waals surface area (Å²) >= 11 is 0. The zero-order valence-electron chi connectivity index (χ0n) is 10.5. The molecular formula is C12H17N3O3. The van der Waals surface area contributed by atoms with Gasteiger partial charge in [0.05, 0.1) is 12.3 Å². The number of rotatable bonds is 4. The molecule has 0 aliphatic rings. The molecule has 0 aromatic heterocycles. The highest BCUT2D eigenvalue weighted by Crippen LogP contribution is 2.16. The topological polar surface area (TPSA) is 84.7 Å². The number of ether oxygens (including phenoxy) is 1. The average molecular weight is 251 g/mol. The molecule has 98 valence electrons. The second kappa shape index (κ2) is 6.61. The minimum atomic E-state index is -0.482. The molecule has 0 radical (unpaired) electrons. The Hall–Kier alpha value is -2.08. The fraction of sp³-hybridized carbons (Fsp3) is 0.333. The maximum absolute atomic E-state index is 11.9. The van der Waals surface area contributed by atoms with Crippen LogP contribution in [-0.4, -0.2) is 32.2 Å². The molecule has 6 nitrogen and oxygen atoms in total. The van der Waals surface area contributed by atoms with E-state index < -0.39 is 6.03 Å². The number of carbonyl (C=O) groups excluding carboxylic acids is 2. The van der Waals surface area contributed by atoms with Crippen LogP contribution in [0.2, 0.25) is 0 Å². The molecule has 0 saturated heterocycles. The summed E-state index contributed by atoms with van der Waals surface area (Å²) < 4.78 is 4.82. The minimum Gasteiger partial charge on any atom is -0.399 e. The van der Waals surface area contributed by atoms with Gasteiger partial charge in [0.25, 0.3) is 0 Å². The van der Waals surface area contributed by atoms with Crippen molar-refractivity contribution in [2.45, 2.75) is 6.92 Å². The third-order valence-electron chi connectivity index (χ3n) is 2.25. The Morgan fingerprint density at radius 3 is 2.44 bits per heavy atom. The number of hydrogen-bond acceptors (Lipinski definition) is 4. The number of nitrogens with zero attached hydrogens (tertiary/aromatic N) is 1. The van der Waals surface area contributed by atoms with Crippen molar-refractivity contribution in [1.29, 1.82) is 0 Å². The van der Waals surface area contributed by atoms with Gasteiger partial charge in [-0.2, -0.15) is 0 Å². The summed E-state index contributed by atoms with van der Waals surface area (Å²) in [5.41, 5.74) is 6.61. The molecule has 0 atom stereocenters. The van der Waals surface area contributed by atoms with E-state index in [1.807, 2.05) is 0 Å². The molecule has 3 N–H and O–H groups in total. The van der Waals surface area contributed by atoms with E-state index in [0.29, 0.717) is 24.5 Å². The standard InChI is InChI=1S/C12H17N3O3/c1-9(16)15(12(17)14-7-8-18-2)11-5-3-10(13)4-6-11/h3-6H,7-8,13H2,1-2H3,(H,14,17). The third kappa shape index (κ3) is 3.74. The van der Waals surface area contributed by atoms with E-state index in [9.17, 15) is 9.59 Å². The maximum Gasteiger partial charge on any atom is 0.328 e. The second-order valence-electron chi connectivity index (χ2n) is 3.67. The lowest BCUT2D eigenvalue weighted by molar-refractivity contribution is -0.115. The number of anilines is 2. The molecule has 0 aliphatic heterocycles. The van der Waals surface area contributed by atoms with Gasteiger partial charge in [-0.25, -0.2) is 9.69 Å². The van der Waals surface area contributed by atoms with E-state index in [4.69, 9.17) is 10.5 Å². The molecule has 6 heteroatoms. The van der Waals surface area contributed by atoms with Crippen LogP contribution in [0.4, 0.5) is 16.2 Å². The zero-order valence-corrected chi connectivity index (χ0v) is 10.5. The van der Waals surface area contributed by atoms with Crippen LogP contribution in [0.3, 0.4) is 0 Å². The SMILES string of the molecule is COCCNC(=O)N(C(C)=O)c1ccc(N)cc1. The molecule has 0 aliphatic carbocycles. The predicted molar refractivity (Wildman–Crippen MR) is 69.3 cm³/mol. The highest BCUT2D eigenvalue weighted by atomic mass is 16.5. The highest BCUT2D eigenvalue weighted by molar-refractivity contribution is 6.13. The lowest BCUT2D eigenvalue weighted by atomic mass is 10.2. The van der Waals surface area contributed by atoms with Crippen molar-refractivity contribution in [1.82, 2.24) is 5.32 Å². The van der Waals surface area contributed by atoms with Crippen molar-refractivity contribution in [2.75, 3.05) is 30.9 Å². The molecule has 0 bridgehead atoms. The van der Waals surface area contributed by atoms with Gasteiger partial charge in [-0.1, -0.05) is 0 Å². The largest absolute Gasteiger partial charge is 0.399 e. The minimum absolute atomic E-state index is 0.341. The molecule has 0 spiro atoms. The number of nitrogens with one attached hydrogen (secondary N) is 1. The van der Waals surface area contributed by atoms with Gasteiger partial charge in [0, 0.05) is 26.3 Å². The predicted octanol–water partition coefficient (Wildman–Crippen LogP) is 0.978. The molecule has 0 unspecified atom stereocenters. The van der Waals surface area contributed by atoms with E-state index in [-0.39, 0.29) is 5.91 Å². The Morgan fingerprint density at radius 2 is 1.94 bits per heavy atom. The van der Waals surface area contributed by atoms with Gasteiger partial charge in [0.1, 0.15) is 0 Å².